The van der Waals surface area contributed by atoms with Gasteiger partial charge in [-0.2, -0.15) is 5.10 Å². The van der Waals surface area contributed by atoms with E-state index in [-0.39, 0.29) is 24.4 Å². The van der Waals surface area contributed by atoms with Gasteiger partial charge in [0.15, 0.2) is 5.69 Å². The van der Waals surface area contributed by atoms with Crippen molar-refractivity contribution in [2.24, 2.45) is 0 Å². The molecule has 0 saturated carbocycles. The summed E-state index contributed by atoms with van der Waals surface area (Å²) in [5.41, 5.74) is -1.82. The van der Waals surface area contributed by atoms with Crippen LogP contribution in [0, 0.1) is 11.6 Å². The summed E-state index contributed by atoms with van der Waals surface area (Å²) in [7, 11) is 0. The highest BCUT2D eigenvalue weighted by molar-refractivity contribution is 7.09. The molecule has 2 atom stereocenters. The molecule has 0 aliphatic carbocycles. The number of thiazole rings is 1. The van der Waals surface area contributed by atoms with Crippen molar-refractivity contribution in [1.82, 2.24) is 19.7 Å². The molecule has 2 aromatic heterocycles. The van der Waals surface area contributed by atoms with Crippen LogP contribution in [0.4, 0.5) is 8.78 Å². The van der Waals surface area contributed by atoms with Crippen LogP contribution in [0.1, 0.15) is 40.8 Å². The van der Waals surface area contributed by atoms with Crippen molar-refractivity contribution in [3.8, 4) is 0 Å². The normalized spacial score (nSPS) is 14.5. The van der Waals surface area contributed by atoms with Gasteiger partial charge >= 0.3 is 5.97 Å². The number of nitrogens with zero attached hydrogens (tertiary/aromatic N) is 4. The summed E-state index contributed by atoms with van der Waals surface area (Å²) < 4.78 is 34.2. The van der Waals surface area contributed by atoms with Gasteiger partial charge in [0.2, 0.25) is 0 Å². The molecule has 10 heteroatoms. The largest absolute Gasteiger partial charge is 0.461 e. The Morgan fingerprint density at radius 3 is 2.86 bits per heavy atom. The van der Waals surface area contributed by atoms with Crippen LogP contribution >= 0.6 is 11.3 Å². The fraction of sp³-hybridized carbons (Fsp3) is 0.333. The van der Waals surface area contributed by atoms with Gasteiger partial charge in [0.1, 0.15) is 29.9 Å². The van der Waals surface area contributed by atoms with Crippen molar-refractivity contribution in [2.45, 2.75) is 31.9 Å². The maximum atomic E-state index is 14.5. The minimum atomic E-state index is -1.82. The molecule has 1 N–H and O–H groups in total. The van der Waals surface area contributed by atoms with Gasteiger partial charge in [0.25, 0.3) is 0 Å². The molecule has 148 valence electrons. The predicted octanol–water partition coefficient (Wildman–Crippen LogP) is 2.88. The number of carbonyl (C=O) groups excluding carboxylic acids is 1. The lowest BCUT2D eigenvalue weighted by Crippen LogP contribution is -2.38. The number of hydrogen-bond donors (Lipinski definition) is 1. The first-order chi connectivity index (χ1) is 13.3. The minimum absolute atomic E-state index is 0.107. The molecule has 1 aromatic carbocycles. The standard InChI is InChI=1S/C18H18F2N4O3S/c1-3-27-17(25)15-7-28-16(23-15)11(2)18(26,8-24-10-21-9-22-24)13-5-4-12(19)6-14(13)20/h4-7,9-11,26H,3,8H2,1-2H3. The van der Waals surface area contributed by atoms with Crippen molar-refractivity contribution in [3.05, 3.63) is 64.1 Å². The molecule has 0 aliphatic heterocycles. The van der Waals surface area contributed by atoms with Crippen molar-refractivity contribution in [2.75, 3.05) is 6.61 Å². The molecular formula is C18H18F2N4O3S. The smallest absolute Gasteiger partial charge is 0.357 e. The second kappa shape index (κ2) is 8.11. The molecule has 2 unspecified atom stereocenters. The molecule has 3 rings (SSSR count). The molecule has 0 fully saturated rings. The van der Waals surface area contributed by atoms with Crippen LogP contribution in [0.5, 0.6) is 0 Å². The Morgan fingerprint density at radius 1 is 1.43 bits per heavy atom. The quantitative estimate of drug-likeness (QED) is 0.605. The van der Waals surface area contributed by atoms with Crippen LogP contribution in [0.15, 0.2) is 36.2 Å². The summed E-state index contributed by atoms with van der Waals surface area (Å²) in [6.07, 6.45) is 2.67. The number of rotatable bonds is 7. The minimum Gasteiger partial charge on any atom is -0.461 e. The van der Waals surface area contributed by atoms with E-state index < -0.39 is 29.1 Å². The summed E-state index contributed by atoms with van der Waals surface area (Å²) in [5.74, 6) is -2.97. The number of esters is 1. The Morgan fingerprint density at radius 2 is 2.21 bits per heavy atom. The number of aliphatic hydroxyl groups is 1. The Kier molecular flexibility index (Phi) is 5.80. The maximum Gasteiger partial charge on any atom is 0.357 e. The fourth-order valence-electron chi connectivity index (χ4n) is 2.85. The first-order valence-corrected chi connectivity index (χ1v) is 9.36. The average molecular weight is 408 g/mol. The molecule has 0 saturated heterocycles. The van der Waals surface area contributed by atoms with Crippen molar-refractivity contribution >= 4 is 17.3 Å². The van der Waals surface area contributed by atoms with E-state index in [4.69, 9.17) is 4.74 Å². The molecule has 2 heterocycles. The topological polar surface area (TPSA) is 90.1 Å². The summed E-state index contributed by atoms with van der Waals surface area (Å²) in [6, 6.07) is 2.97. The van der Waals surface area contributed by atoms with Gasteiger partial charge in [-0.15, -0.1) is 11.3 Å². The van der Waals surface area contributed by atoms with Crippen LogP contribution in [-0.4, -0.2) is 37.4 Å². The second-order valence-electron chi connectivity index (χ2n) is 6.15. The Hall–Kier alpha value is -2.72. The highest BCUT2D eigenvalue weighted by atomic mass is 32.1. The lowest BCUT2D eigenvalue weighted by Gasteiger charge is -2.33. The first-order valence-electron chi connectivity index (χ1n) is 8.48. The zero-order chi connectivity index (χ0) is 20.3. The molecule has 0 aliphatic rings. The van der Waals surface area contributed by atoms with E-state index in [0.29, 0.717) is 11.1 Å². The van der Waals surface area contributed by atoms with Gasteiger partial charge in [-0.3, -0.25) is 0 Å². The fourth-order valence-corrected chi connectivity index (χ4v) is 3.78. The lowest BCUT2D eigenvalue weighted by molar-refractivity contribution is -0.0113. The number of hydrogen-bond acceptors (Lipinski definition) is 7. The third-order valence-electron chi connectivity index (χ3n) is 4.36. The number of halogens is 2. The van der Waals surface area contributed by atoms with Crippen molar-refractivity contribution in [1.29, 1.82) is 0 Å². The highest BCUT2D eigenvalue weighted by Crippen LogP contribution is 2.40. The van der Waals surface area contributed by atoms with E-state index in [1.165, 1.54) is 28.8 Å². The summed E-state index contributed by atoms with van der Waals surface area (Å²) in [4.78, 5) is 20.0. The van der Waals surface area contributed by atoms with Gasteiger partial charge < -0.3 is 9.84 Å². The highest BCUT2D eigenvalue weighted by Gasteiger charge is 2.41. The molecule has 7 nitrogen and oxygen atoms in total. The Balaban J connectivity index is 2.02. The van der Waals surface area contributed by atoms with Crippen LogP contribution in [0.25, 0.3) is 0 Å². The van der Waals surface area contributed by atoms with Crippen LogP contribution in [0.2, 0.25) is 0 Å². The Labute approximate surface area is 163 Å². The third kappa shape index (κ3) is 3.92. The maximum absolute atomic E-state index is 14.5. The second-order valence-corrected chi connectivity index (χ2v) is 7.04. The molecular weight excluding hydrogens is 390 g/mol. The van der Waals surface area contributed by atoms with Crippen LogP contribution < -0.4 is 0 Å². The number of carbonyl (C=O) groups is 1. The number of ether oxygens (including phenoxy) is 1. The predicted molar refractivity (Wildman–Crippen MR) is 96.8 cm³/mol. The zero-order valence-electron chi connectivity index (χ0n) is 15.2. The van der Waals surface area contributed by atoms with Gasteiger partial charge in [0.05, 0.1) is 18.2 Å². The summed E-state index contributed by atoms with van der Waals surface area (Å²) >= 11 is 1.14. The first kappa shape index (κ1) is 20.0. The molecule has 0 radical (unpaired) electrons. The van der Waals surface area contributed by atoms with Crippen LogP contribution in [-0.2, 0) is 16.9 Å². The molecule has 0 bridgehead atoms. The molecule has 3 aromatic rings. The van der Waals surface area contributed by atoms with E-state index in [2.05, 4.69) is 15.1 Å². The molecule has 0 amide bonds. The zero-order valence-corrected chi connectivity index (χ0v) is 16.0. The summed E-state index contributed by atoms with van der Waals surface area (Å²) in [5, 5.41) is 17.4. The van der Waals surface area contributed by atoms with E-state index in [1.807, 2.05) is 0 Å². The van der Waals surface area contributed by atoms with E-state index in [9.17, 15) is 18.7 Å². The molecule has 28 heavy (non-hydrogen) atoms. The van der Waals surface area contributed by atoms with Gasteiger partial charge in [-0.25, -0.2) is 28.2 Å². The van der Waals surface area contributed by atoms with Crippen molar-refractivity contribution < 1.29 is 23.4 Å². The molecule has 0 spiro atoms. The Bertz CT molecular complexity index is 964. The van der Waals surface area contributed by atoms with E-state index in [0.717, 1.165) is 17.4 Å². The van der Waals surface area contributed by atoms with E-state index in [1.54, 1.807) is 13.8 Å². The third-order valence-corrected chi connectivity index (χ3v) is 5.39. The van der Waals surface area contributed by atoms with Gasteiger partial charge in [0, 0.05) is 22.9 Å². The number of benzene rings is 1. The average Bonchev–Trinajstić information content (AvgIpc) is 3.33. The van der Waals surface area contributed by atoms with Gasteiger partial charge in [-0.1, -0.05) is 13.0 Å². The van der Waals surface area contributed by atoms with Crippen molar-refractivity contribution in [3.63, 3.8) is 0 Å². The number of aromatic nitrogens is 4. The van der Waals surface area contributed by atoms with Gasteiger partial charge in [-0.05, 0) is 13.0 Å². The van der Waals surface area contributed by atoms with Crippen LogP contribution in [0.3, 0.4) is 0 Å². The lowest BCUT2D eigenvalue weighted by atomic mass is 9.82. The SMILES string of the molecule is CCOC(=O)c1csc(C(C)C(O)(Cn2cncn2)c2ccc(F)cc2F)n1. The summed E-state index contributed by atoms with van der Waals surface area (Å²) in [6.45, 7) is 3.39. The monoisotopic (exact) mass is 408 g/mol. The van der Waals surface area contributed by atoms with E-state index >= 15 is 0 Å².